The Hall–Kier alpha value is -0.610. The van der Waals surface area contributed by atoms with E-state index in [1.54, 1.807) is 0 Å². The van der Waals surface area contributed by atoms with E-state index in [1.807, 2.05) is 0 Å². The molecule has 0 spiro atoms. The molecule has 1 saturated heterocycles. The SMILES string of the molecule is CCCCNC(=O)CCN1CCOCC1. The molecule has 1 N–H and O–H groups in total. The van der Waals surface area contributed by atoms with Gasteiger partial charge in [0.2, 0.25) is 5.91 Å². The molecule has 1 fully saturated rings. The van der Waals surface area contributed by atoms with Crippen LogP contribution in [0, 0.1) is 0 Å². The van der Waals surface area contributed by atoms with Crippen LogP contribution in [0.4, 0.5) is 0 Å². The van der Waals surface area contributed by atoms with Crippen LogP contribution < -0.4 is 5.32 Å². The standard InChI is InChI=1S/C11H22N2O2/c1-2-3-5-12-11(14)4-6-13-7-9-15-10-8-13/h2-10H2,1H3,(H,12,14). The number of amides is 1. The number of hydrogen-bond acceptors (Lipinski definition) is 3. The van der Waals surface area contributed by atoms with Crippen molar-refractivity contribution in [2.45, 2.75) is 26.2 Å². The zero-order chi connectivity index (χ0) is 10.9. The van der Waals surface area contributed by atoms with Crippen LogP contribution in [-0.2, 0) is 9.53 Å². The number of unbranched alkanes of at least 4 members (excludes halogenated alkanes) is 1. The molecule has 1 amide bonds. The maximum atomic E-state index is 11.4. The van der Waals surface area contributed by atoms with Crippen LogP contribution in [-0.4, -0.2) is 50.2 Å². The zero-order valence-electron chi connectivity index (χ0n) is 9.63. The van der Waals surface area contributed by atoms with Gasteiger partial charge in [0.15, 0.2) is 0 Å². The Morgan fingerprint density at radius 2 is 2.13 bits per heavy atom. The van der Waals surface area contributed by atoms with Crippen molar-refractivity contribution in [3.63, 3.8) is 0 Å². The third kappa shape index (κ3) is 5.74. The highest BCUT2D eigenvalue weighted by molar-refractivity contribution is 5.75. The van der Waals surface area contributed by atoms with Crippen LogP contribution in [0.2, 0.25) is 0 Å². The number of hydrogen-bond donors (Lipinski definition) is 1. The maximum Gasteiger partial charge on any atom is 0.221 e. The van der Waals surface area contributed by atoms with Crippen molar-refractivity contribution in [1.82, 2.24) is 10.2 Å². The largest absolute Gasteiger partial charge is 0.379 e. The summed E-state index contributed by atoms with van der Waals surface area (Å²) < 4.78 is 5.24. The number of ether oxygens (including phenoxy) is 1. The Morgan fingerprint density at radius 1 is 1.40 bits per heavy atom. The zero-order valence-corrected chi connectivity index (χ0v) is 9.63. The minimum Gasteiger partial charge on any atom is -0.379 e. The van der Waals surface area contributed by atoms with Crippen LogP contribution >= 0.6 is 0 Å². The van der Waals surface area contributed by atoms with E-state index in [0.717, 1.165) is 52.2 Å². The van der Waals surface area contributed by atoms with E-state index in [2.05, 4.69) is 17.1 Å². The van der Waals surface area contributed by atoms with Gasteiger partial charge in [-0.1, -0.05) is 13.3 Å². The van der Waals surface area contributed by atoms with Gasteiger partial charge in [-0.15, -0.1) is 0 Å². The van der Waals surface area contributed by atoms with Gasteiger partial charge in [0.05, 0.1) is 13.2 Å². The minimum absolute atomic E-state index is 0.176. The van der Waals surface area contributed by atoms with Crippen molar-refractivity contribution in [1.29, 1.82) is 0 Å². The summed E-state index contributed by atoms with van der Waals surface area (Å²) in [5, 5.41) is 2.93. The lowest BCUT2D eigenvalue weighted by atomic mass is 10.3. The summed E-state index contributed by atoms with van der Waals surface area (Å²) in [6, 6.07) is 0. The molecule has 0 aromatic heterocycles. The lowest BCUT2D eigenvalue weighted by Gasteiger charge is -2.26. The van der Waals surface area contributed by atoms with Gasteiger partial charge in [-0.25, -0.2) is 0 Å². The van der Waals surface area contributed by atoms with Crippen molar-refractivity contribution in [3.05, 3.63) is 0 Å². The number of rotatable bonds is 6. The van der Waals surface area contributed by atoms with Crippen LogP contribution in [0.25, 0.3) is 0 Å². The van der Waals surface area contributed by atoms with Crippen molar-refractivity contribution in [3.8, 4) is 0 Å². The predicted octanol–water partition coefficient (Wildman–Crippen LogP) is 0.625. The molecule has 1 heterocycles. The van der Waals surface area contributed by atoms with Gasteiger partial charge >= 0.3 is 0 Å². The quantitative estimate of drug-likeness (QED) is 0.659. The summed E-state index contributed by atoms with van der Waals surface area (Å²) >= 11 is 0. The summed E-state index contributed by atoms with van der Waals surface area (Å²) in [6.45, 7) is 7.33. The lowest BCUT2D eigenvalue weighted by Crippen LogP contribution is -2.38. The molecule has 0 atom stereocenters. The summed E-state index contributed by atoms with van der Waals surface area (Å²) in [7, 11) is 0. The molecule has 0 bridgehead atoms. The molecule has 4 heteroatoms. The predicted molar refractivity (Wildman–Crippen MR) is 59.8 cm³/mol. The topological polar surface area (TPSA) is 41.6 Å². The lowest BCUT2D eigenvalue weighted by molar-refractivity contribution is -0.121. The monoisotopic (exact) mass is 214 g/mol. The Labute approximate surface area is 92.0 Å². The maximum absolute atomic E-state index is 11.4. The van der Waals surface area contributed by atoms with E-state index in [-0.39, 0.29) is 5.91 Å². The molecule has 0 aromatic carbocycles. The van der Waals surface area contributed by atoms with Gasteiger partial charge in [0, 0.05) is 32.6 Å². The first-order chi connectivity index (χ1) is 7.33. The van der Waals surface area contributed by atoms with Gasteiger partial charge in [-0.05, 0) is 6.42 Å². The van der Waals surface area contributed by atoms with Gasteiger partial charge in [0.1, 0.15) is 0 Å². The first kappa shape index (κ1) is 12.5. The molecule has 0 aromatic rings. The molecule has 15 heavy (non-hydrogen) atoms. The molecule has 4 nitrogen and oxygen atoms in total. The summed E-state index contributed by atoms with van der Waals surface area (Å²) in [5.74, 6) is 0.176. The first-order valence-corrected chi connectivity index (χ1v) is 5.89. The second-order valence-electron chi connectivity index (χ2n) is 3.91. The Bertz CT molecular complexity index is 179. The van der Waals surface area contributed by atoms with Gasteiger partial charge < -0.3 is 10.1 Å². The van der Waals surface area contributed by atoms with Crippen LogP contribution in [0.1, 0.15) is 26.2 Å². The fourth-order valence-electron chi connectivity index (χ4n) is 1.58. The van der Waals surface area contributed by atoms with E-state index in [0.29, 0.717) is 6.42 Å². The third-order valence-electron chi connectivity index (χ3n) is 2.61. The molecule has 0 aliphatic carbocycles. The number of morpholine rings is 1. The Kier molecular flexibility index (Phi) is 6.36. The normalized spacial score (nSPS) is 17.7. The number of carbonyl (C=O) groups excluding carboxylic acids is 1. The van der Waals surface area contributed by atoms with Gasteiger partial charge in [-0.2, -0.15) is 0 Å². The first-order valence-electron chi connectivity index (χ1n) is 5.89. The van der Waals surface area contributed by atoms with E-state index in [9.17, 15) is 4.79 Å². The fourth-order valence-corrected chi connectivity index (χ4v) is 1.58. The average Bonchev–Trinajstić information content (AvgIpc) is 2.28. The highest BCUT2D eigenvalue weighted by atomic mass is 16.5. The number of nitrogens with zero attached hydrogens (tertiary/aromatic N) is 1. The van der Waals surface area contributed by atoms with Gasteiger partial charge in [-0.3, -0.25) is 9.69 Å². The fraction of sp³-hybridized carbons (Fsp3) is 0.909. The van der Waals surface area contributed by atoms with E-state index >= 15 is 0 Å². The number of carbonyl (C=O) groups is 1. The summed E-state index contributed by atoms with van der Waals surface area (Å²) in [6.07, 6.45) is 2.82. The highest BCUT2D eigenvalue weighted by Crippen LogP contribution is 1.97. The van der Waals surface area contributed by atoms with Gasteiger partial charge in [0.25, 0.3) is 0 Å². The molecule has 1 aliphatic rings. The molecule has 1 aliphatic heterocycles. The summed E-state index contributed by atoms with van der Waals surface area (Å²) in [4.78, 5) is 13.7. The van der Waals surface area contributed by atoms with E-state index in [4.69, 9.17) is 4.74 Å². The van der Waals surface area contributed by atoms with Crippen molar-refractivity contribution in [2.24, 2.45) is 0 Å². The van der Waals surface area contributed by atoms with Crippen molar-refractivity contribution < 1.29 is 9.53 Å². The third-order valence-corrected chi connectivity index (χ3v) is 2.61. The highest BCUT2D eigenvalue weighted by Gasteiger charge is 2.11. The van der Waals surface area contributed by atoms with Crippen molar-refractivity contribution in [2.75, 3.05) is 39.4 Å². The molecular weight excluding hydrogens is 192 g/mol. The van der Waals surface area contributed by atoms with Crippen LogP contribution in [0.15, 0.2) is 0 Å². The molecular formula is C11H22N2O2. The van der Waals surface area contributed by atoms with Crippen LogP contribution in [0.3, 0.4) is 0 Å². The Morgan fingerprint density at radius 3 is 2.80 bits per heavy atom. The number of nitrogens with one attached hydrogen (secondary N) is 1. The molecule has 88 valence electrons. The molecule has 0 radical (unpaired) electrons. The summed E-state index contributed by atoms with van der Waals surface area (Å²) in [5.41, 5.74) is 0. The van der Waals surface area contributed by atoms with E-state index in [1.165, 1.54) is 0 Å². The Balaban J connectivity index is 2.00. The molecule has 1 rings (SSSR count). The van der Waals surface area contributed by atoms with Crippen molar-refractivity contribution >= 4 is 5.91 Å². The second-order valence-corrected chi connectivity index (χ2v) is 3.91. The van der Waals surface area contributed by atoms with Crippen LogP contribution in [0.5, 0.6) is 0 Å². The smallest absolute Gasteiger partial charge is 0.221 e. The molecule has 0 unspecified atom stereocenters. The van der Waals surface area contributed by atoms with E-state index < -0.39 is 0 Å². The molecule has 0 saturated carbocycles. The minimum atomic E-state index is 0.176. The average molecular weight is 214 g/mol. The second kappa shape index (κ2) is 7.65.